The van der Waals surface area contributed by atoms with Gasteiger partial charge in [0.1, 0.15) is 0 Å². The predicted octanol–water partition coefficient (Wildman–Crippen LogP) is 1.43. The number of aryl methyl sites for hydroxylation is 1. The van der Waals surface area contributed by atoms with Crippen LogP contribution in [0.1, 0.15) is 31.1 Å². The first-order valence-corrected chi connectivity index (χ1v) is 7.83. The number of aliphatic hydroxyl groups is 1. The molecule has 102 valence electrons. The second-order valence-electron chi connectivity index (χ2n) is 4.88. The van der Waals surface area contributed by atoms with Crippen LogP contribution in [0.4, 0.5) is 0 Å². The van der Waals surface area contributed by atoms with Gasteiger partial charge in [0, 0.05) is 18.8 Å². The third-order valence-corrected chi connectivity index (χ3v) is 3.96. The molecular formula is C13H21NO3S. The monoisotopic (exact) mass is 271 g/mol. The van der Waals surface area contributed by atoms with Crippen molar-refractivity contribution >= 4 is 9.84 Å². The normalized spacial score (nSPS) is 13.9. The van der Waals surface area contributed by atoms with Crippen LogP contribution in [0.15, 0.2) is 23.1 Å². The highest BCUT2D eigenvalue weighted by molar-refractivity contribution is 7.90. The molecule has 0 saturated carbocycles. The van der Waals surface area contributed by atoms with Gasteiger partial charge in [-0.2, -0.15) is 0 Å². The van der Waals surface area contributed by atoms with E-state index in [0.29, 0.717) is 23.0 Å². The summed E-state index contributed by atoms with van der Waals surface area (Å²) in [5.74, 6) is 0. The number of nitrogens with one attached hydrogen (secondary N) is 1. The highest BCUT2D eigenvalue weighted by Gasteiger charge is 2.14. The van der Waals surface area contributed by atoms with E-state index in [1.807, 2.05) is 13.8 Å². The minimum Gasteiger partial charge on any atom is -0.387 e. The molecule has 2 N–H and O–H groups in total. The largest absolute Gasteiger partial charge is 0.387 e. The Balaban J connectivity index is 2.91. The van der Waals surface area contributed by atoms with Crippen molar-refractivity contribution in [3.63, 3.8) is 0 Å². The van der Waals surface area contributed by atoms with Crippen molar-refractivity contribution in [1.82, 2.24) is 5.32 Å². The van der Waals surface area contributed by atoms with Crippen LogP contribution < -0.4 is 5.32 Å². The quantitative estimate of drug-likeness (QED) is 0.850. The van der Waals surface area contributed by atoms with E-state index in [1.54, 1.807) is 25.1 Å². The van der Waals surface area contributed by atoms with Crippen LogP contribution in [0.2, 0.25) is 0 Å². The van der Waals surface area contributed by atoms with Gasteiger partial charge in [-0.15, -0.1) is 0 Å². The average Bonchev–Trinajstić information content (AvgIpc) is 2.23. The molecule has 1 unspecified atom stereocenters. The third kappa shape index (κ3) is 4.08. The van der Waals surface area contributed by atoms with Crippen molar-refractivity contribution in [3.8, 4) is 0 Å². The van der Waals surface area contributed by atoms with Gasteiger partial charge in [-0.25, -0.2) is 8.42 Å². The predicted molar refractivity (Wildman–Crippen MR) is 72.4 cm³/mol. The maximum absolute atomic E-state index is 11.5. The van der Waals surface area contributed by atoms with E-state index < -0.39 is 15.9 Å². The summed E-state index contributed by atoms with van der Waals surface area (Å²) >= 11 is 0. The summed E-state index contributed by atoms with van der Waals surface area (Å²) in [5, 5.41) is 13.1. The molecule has 1 rings (SSSR count). The Bertz CT molecular complexity index is 509. The Morgan fingerprint density at radius 2 is 1.94 bits per heavy atom. The molecule has 4 nitrogen and oxygen atoms in total. The first-order chi connectivity index (χ1) is 8.21. The van der Waals surface area contributed by atoms with Gasteiger partial charge in [0.25, 0.3) is 0 Å². The Kier molecular flexibility index (Phi) is 4.90. The summed E-state index contributed by atoms with van der Waals surface area (Å²) in [7, 11) is -3.20. The summed E-state index contributed by atoms with van der Waals surface area (Å²) in [6.07, 6.45) is 0.561. The fourth-order valence-electron chi connectivity index (χ4n) is 1.76. The minimum absolute atomic E-state index is 0.302. The molecule has 0 aliphatic rings. The lowest BCUT2D eigenvalue weighted by atomic mass is 10.1. The molecule has 1 atom stereocenters. The van der Waals surface area contributed by atoms with Crippen LogP contribution in [-0.2, 0) is 9.84 Å². The molecule has 0 spiro atoms. The van der Waals surface area contributed by atoms with Gasteiger partial charge in [-0.3, -0.25) is 0 Å². The average molecular weight is 271 g/mol. The summed E-state index contributed by atoms with van der Waals surface area (Å²) in [4.78, 5) is 0.315. The summed E-state index contributed by atoms with van der Waals surface area (Å²) < 4.78 is 23.0. The van der Waals surface area contributed by atoms with E-state index in [4.69, 9.17) is 0 Å². The van der Waals surface area contributed by atoms with Gasteiger partial charge in [0.05, 0.1) is 11.0 Å². The Morgan fingerprint density at radius 1 is 1.33 bits per heavy atom. The van der Waals surface area contributed by atoms with Crippen molar-refractivity contribution < 1.29 is 13.5 Å². The lowest BCUT2D eigenvalue weighted by molar-refractivity contribution is 0.171. The van der Waals surface area contributed by atoms with Gasteiger partial charge in [-0.05, 0) is 24.1 Å². The van der Waals surface area contributed by atoms with Crippen LogP contribution in [0.3, 0.4) is 0 Å². The lowest BCUT2D eigenvalue weighted by Gasteiger charge is -2.15. The minimum atomic E-state index is -3.20. The first-order valence-electron chi connectivity index (χ1n) is 5.94. The van der Waals surface area contributed by atoms with Crippen LogP contribution in [0.25, 0.3) is 0 Å². The topological polar surface area (TPSA) is 66.4 Å². The SMILES string of the molecule is Cc1cc(C(O)CNC(C)C)ccc1S(C)(=O)=O. The fourth-order valence-corrected chi connectivity index (χ4v) is 2.72. The molecule has 1 aromatic carbocycles. The van der Waals surface area contributed by atoms with E-state index in [2.05, 4.69) is 5.32 Å². The van der Waals surface area contributed by atoms with Crippen molar-refractivity contribution in [2.24, 2.45) is 0 Å². The lowest BCUT2D eigenvalue weighted by Crippen LogP contribution is -2.27. The molecule has 0 amide bonds. The molecular weight excluding hydrogens is 250 g/mol. The highest BCUT2D eigenvalue weighted by Crippen LogP contribution is 2.20. The number of sulfone groups is 1. The van der Waals surface area contributed by atoms with E-state index in [-0.39, 0.29) is 0 Å². The molecule has 0 aromatic heterocycles. The van der Waals surface area contributed by atoms with E-state index in [0.717, 1.165) is 5.56 Å². The Morgan fingerprint density at radius 3 is 2.39 bits per heavy atom. The fraction of sp³-hybridized carbons (Fsp3) is 0.538. The number of benzene rings is 1. The van der Waals surface area contributed by atoms with Gasteiger partial charge < -0.3 is 10.4 Å². The molecule has 0 heterocycles. The van der Waals surface area contributed by atoms with Crippen LogP contribution in [0.5, 0.6) is 0 Å². The standard InChI is InChI=1S/C13H21NO3S/c1-9(2)14-8-12(15)11-5-6-13(10(3)7-11)18(4,16)17/h5-7,9,12,14-15H,8H2,1-4H3. The van der Waals surface area contributed by atoms with Crippen molar-refractivity contribution in [3.05, 3.63) is 29.3 Å². The van der Waals surface area contributed by atoms with E-state index in [1.165, 1.54) is 6.26 Å². The molecule has 0 saturated heterocycles. The summed E-state index contributed by atoms with van der Waals surface area (Å²) in [6.45, 7) is 6.20. The molecule has 0 aliphatic carbocycles. The molecule has 5 heteroatoms. The highest BCUT2D eigenvalue weighted by atomic mass is 32.2. The molecule has 0 radical (unpaired) electrons. The van der Waals surface area contributed by atoms with Crippen molar-refractivity contribution in [1.29, 1.82) is 0 Å². The maximum Gasteiger partial charge on any atom is 0.175 e. The number of hydrogen-bond donors (Lipinski definition) is 2. The first kappa shape index (κ1) is 15.1. The number of rotatable bonds is 5. The zero-order valence-corrected chi connectivity index (χ0v) is 12.1. The van der Waals surface area contributed by atoms with Gasteiger partial charge in [0.2, 0.25) is 0 Å². The Hall–Kier alpha value is -0.910. The third-order valence-electron chi connectivity index (χ3n) is 2.70. The summed E-state index contributed by atoms with van der Waals surface area (Å²) in [6, 6.07) is 5.24. The molecule has 18 heavy (non-hydrogen) atoms. The smallest absolute Gasteiger partial charge is 0.175 e. The molecule has 0 aliphatic heterocycles. The van der Waals surface area contributed by atoms with Crippen LogP contribution in [-0.4, -0.2) is 32.4 Å². The van der Waals surface area contributed by atoms with Crippen LogP contribution >= 0.6 is 0 Å². The van der Waals surface area contributed by atoms with Gasteiger partial charge >= 0.3 is 0 Å². The van der Waals surface area contributed by atoms with Crippen LogP contribution in [0, 0.1) is 6.92 Å². The second kappa shape index (κ2) is 5.82. The van der Waals surface area contributed by atoms with Gasteiger partial charge in [0.15, 0.2) is 9.84 Å². The van der Waals surface area contributed by atoms with E-state index >= 15 is 0 Å². The Labute approximate surface area is 109 Å². The second-order valence-corrected chi connectivity index (χ2v) is 6.86. The number of hydrogen-bond acceptors (Lipinski definition) is 4. The summed E-state index contributed by atoms with van der Waals surface area (Å²) in [5.41, 5.74) is 1.40. The zero-order valence-electron chi connectivity index (χ0n) is 11.3. The molecule has 1 aromatic rings. The maximum atomic E-state index is 11.5. The van der Waals surface area contributed by atoms with Gasteiger partial charge in [-0.1, -0.05) is 26.0 Å². The van der Waals surface area contributed by atoms with Crippen molar-refractivity contribution in [2.45, 2.75) is 37.8 Å². The molecule has 0 fully saturated rings. The van der Waals surface area contributed by atoms with Crippen molar-refractivity contribution in [2.75, 3.05) is 12.8 Å². The van der Waals surface area contributed by atoms with E-state index in [9.17, 15) is 13.5 Å². The zero-order chi connectivity index (χ0) is 13.9. The molecule has 0 bridgehead atoms. The number of aliphatic hydroxyl groups excluding tert-OH is 1.